The summed E-state index contributed by atoms with van der Waals surface area (Å²) in [4.78, 5) is 33.0. The van der Waals surface area contributed by atoms with E-state index < -0.39 is 0 Å². The second-order valence-electron chi connectivity index (χ2n) is 6.68. The molecular weight excluding hydrogens is 306 g/mol. The van der Waals surface area contributed by atoms with E-state index in [0.717, 1.165) is 37.1 Å². The monoisotopic (exact) mass is 327 g/mol. The molecule has 1 aromatic carbocycles. The predicted octanol–water partition coefficient (Wildman–Crippen LogP) is 2.50. The molecule has 0 spiro atoms. The number of rotatable bonds is 2. The number of aromatic nitrogens is 1. The van der Waals surface area contributed by atoms with Gasteiger partial charge >= 0.3 is 0 Å². The Labute approximate surface area is 140 Å². The Kier molecular flexibility index (Phi) is 3.75. The molecule has 2 aliphatic heterocycles. The van der Waals surface area contributed by atoms with Crippen LogP contribution >= 0.6 is 0 Å². The minimum absolute atomic E-state index is 0.00456. The normalized spacial score (nSPS) is 21.7. The van der Waals surface area contributed by atoms with Crippen LogP contribution in [-0.2, 0) is 9.59 Å². The number of hydrogen-bond acceptors (Lipinski definition) is 4. The van der Waals surface area contributed by atoms with Crippen LogP contribution in [0.3, 0.4) is 0 Å². The Morgan fingerprint density at radius 1 is 1.25 bits per heavy atom. The lowest BCUT2D eigenvalue weighted by Crippen LogP contribution is -2.40. The number of carbonyl (C=O) groups is 2. The molecule has 0 unspecified atom stereocenters. The highest BCUT2D eigenvalue weighted by molar-refractivity contribution is 6.01. The number of anilines is 1. The average Bonchev–Trinajstić information content (AvgIpc) is 3.16. The number of nitrogens with zero attached hydrogens (tertiary/aromatic N) is 3. The Morgan fingerprint density at radius 3 is 2.83 bits per heavy atom. The fourth-order valence-corrected chi connectivity index (χ4v) is 3.69. The van der Waals surface area contributed by atoms with E-state index in [2.05, 4.69) is 4.98 Å². The number of piperidine rings is 1. The second-order valence-corrected chi connectivity index (χ2v) is 6.68. The number of aryl methyl sites for hydroxylation is 1. The van der Waals surface area contributed by atoms with Crippen LogP contribution in [0.4, 0.5) is 5.69 Å². The molecule has 24 heavy (non-hydrogen) atoms. The van der Waals surface area contributed by atoms with Crippen LogP contribution in [0.1, 0.15) is 31.6 Å². The van der Waals surface area contributed by atoms with Gasteiger partial charge < -0.3 is 14.2 Å². The first-order chi connectivity index (χ1) is 11.6. The van der Waals surface area contributed by atoms with E-state index in [1.54, 1.807) is 11.8 Å². The van der Waals surface area contributed by atoms with Crippen LogP contribution in [0.5, 0.6) is 0 Å². The summed E-state index contributed by atoms with van der Waals surface area (Å²) >= 11 is 0. The van der Waals surface area contributed by atoms with Crippen molar-refractivity contribution in [2.45, 2.75) is 32.6 Å². The zero-order valence-electron chi connectivity index (χ0n) is 13.8. The molecule has 2 fully saturated rings. The molecule has 0 bridgehead atoms. The minimum atomic E-state index is -0.231. The maximum absolute atomic E-state index is 12.7. The highest BCUT2D eigenvalue weighted by Gasteiger charge is 2.37. The van der Waals surface area contributed by atoms with Crippen LogP contribution in [-0.4, -0.2) is 41.3 Å². The molecule has 0 radical (unpaired) electrons. The van der Waals surface area contributed by atoms with Crippen molar-refractivity contribution in [3.8, 4) is 0 Å². The Hall–Kier alpha value is -2.37. The van der Waals surface area contributed by atoms with Gasteiger partial charge in [-0.1, -0.05) is 0 Å². The quantitative estimate of drug-likeness (QED) is 0.850. The Morgan fingerprint density at radius 2 is 2.04 bits per heavy atom. The molecular formula is C18H21N3O3. The van der Waals surface area contributed by atoms with Gasteiger partial charge in [0.05, 0.1) is 5.92 Å². The van der Waals surface area contributed by atoms with Crippen molar-refractivity contribution >= 4 is 28.6 Å². The summed E-state index contributed by atoms with van der Waals surface area (Å²) in [6.45, 7) is 3.91. The number of carbonyl (C=O) groups excluding carboxylic acids is 2. The average molecular weight is 327 g/mol. The van der Waals surface area contributed by atoms with Crippen molar-refractivity contribution in [3.05, 3.63) is 24.1 Å². The van der Waals surface area contributed by atoms with E-state index in [9.17, 15) is 9.59 Å². The van der Waals surface area contributed by atoms with E-state index in [1.807, 2.05) is 23.1 Å². The van der Waals surface area contributed by atoms with Gasteiger partial charge in [-0.2, -0.15) is 0 Å². The molecule has 6 heteroatoms. The first kappa shape index (κ1) is 15.2. The molecule has 0 aliphatic carbocycles. The Balaban J connectivity index is 1.53. The minimum Gasteiger partial charge on any atom is -0.441 e. The van der Waals surface area contributed by atoms with Crippen LogP contribution in [0.15, 0.2) is 22.6 Å². The first-order valence-corrected chi connectivity index (χ1v) is 8.58. The predicted molar refractivity (Wildman–Crippen MR) is 89.6 cm³/mol. The standard InChI is InChI=1S/C18H21N3O3/c1-12-19-15-10-14(5-6-16(15)24-12)21-11-13(9-17(21)22)18(23)20-7-3-2-4-8-20/h5-6,10,13H,2-4,7-9,11H2,1H3/t13-/m1/s1. The van der Waals surface area contributed by atoms with E-state index >= 15 is 0 Å². The summed E-state index contributed by atoms with van der Waals surface area (Å²) in [7, 11) is 0. The van der Waals surface area contributed by atoms with E-state index in [0.29, 0.717) is 24.4 Å². The molecule has 2 aliphatic rings. The zero-order chi connectivity index (χ0) is 16.7. The zero-order valence-corrected chi connectivity index (χ0v) is 13.8. The van der Waals surface area contributed by atoms with E-state index in [1.165, 1.54) is 6.42 Å². The fourth-order valence-electron chi connectivity index (χ4n) is 3.69. The van der Waals surface area contributed by atoms with Crippen molar-refractivity contribution in [2.24, 2.45) is 5.92 Å². The third-order valence-corrected chi connectivity index (χ3v) is 4.93. The molecule has 6 nitrogen and oxygen atoms in total. The number of amides is 2. The van der Waals surface area contributed by atoms with Crippen LogP contribution in [0, 0.1) is 12.8 Å². The molecule has 2 amide bonds. The molecule has 4 rings (SSSR count). The van der Waals surface area contributed by atoms with Gasteiger partial charge in [-0.05, 0) is 37.5 Å². The largest absolute Gasteiger partial charge is 0.441 e. The number of hydrogen-bond donors (Lipinski definition) is 0. The smallest absolute Gasteiger partial charge is 0.228 e. The van der Waals surface area contributed by atoms with Crippen molar-refractivity contribution < 1.29 is 14.0 Å². The van der Waals surface area contributed by atoms with Gasteiger partial charge in [0.1, 0.15) is 5.52 Å². The van der Waals surface area contributed by atoms with Gasteiger partial charge in [-0.15, -0.1) is 0 Å². The van der Waals surface area contributed by atoms with Crippen molar-refractivity contribution in [3.63, 3.8) is 0 Å². The van der Waals surface area contributed by atoms with Gasteiger partial charge in [-0.25, -0.2) is 4.98 Å². The summed E-state index contributed by atoms with van der Waals surface area (Å²) in [6, 6.07) is 5.55. The highest BCUT2D eigenvalue weighted by atomic mass is 16.3. The lowest BCUT2D eigenvalue weighted by molar-refractivity contribution is -0.136. The lowest BCUT2D eigenvalue weighted by Gasteiger charge is -2.29. The summed E-state index contributed by atoms with van der Waals surface area (Å²) < 4.78 is 5.48. The number of benzene rings is 1. The lowest BCUT2D eigenvalue weighted by atomic mass is 10.0. The van der Waals surface area contributed by atoms with Crippen LogP contribution in [0.25, 0.3) is 11.1 Å². The van der Waals surface area contributed by atoms with Gasteiger partial charge in [-0.3, -0.25) is 9.59 Å². The number of oxazole rings is 1. The van der Waals surface area contributed by atoms with Crippen molar-refractivity contribution in [1.29, 1.82) is 0 Å². The molecule has 1 aromatic heterocycles. The molecule has 2 saturated heterocycles. The molecule has 126 valence electrons. The Bertz CT molecular complexity index is 792. The summed E-state index contributed by atoms with van der Waals surface area (Å²) in [5.74, 6) is 0.507. The SMILES string of the molecule is Cc1nc2cc(N3C[C@H](C(=O)N4CCCCC4)CC3=O)ccc2o1. The van der Waals surface area contributed by atoms with E-state index in [4.69, 9.17) is 4.42 Å². The maximum atomic E-state index is 12.7. The van der Waals surface area contributed by atoms with Gasteiger partial charge in [0.2, 0.25) is 11.8 Å². The summed E-state index contributed by atoms with van der Waals surface area (Å²) in [6.07, 6.45) is 3.62. The molecule has 3 heterocycles. The van der Waals surface area contributed by atoms with Gasteiger partial charge in [0, 0.05) is 38.7 Å². The summed E-state index contributed by atoms with van der Waals surface area (Å²) in [5, 5.41) is 0. The van der Waals surface area contributed by atoms with Crippen molar-refractivity contribution in [2.75, 3.05) is 24.5 Å². The van der Waals surface area contributed by atoms with Crippen LogP contribution < -0.4 is 4.90 Å². The second kappa shape index (κ2) is 5.92. The first-order valence-electron chi connectivity index (χ1n) is 8.58. The van der Waals surface area contributed by atoms with Crippen molar-refractivity contribution in [1.82, 2.24) is 9.88 Å². The maximum Gasteiger partial charge on any atom is 0.228 e. The third kappa shape index (κ3) is 2.66. The molecule has 0 saturated carbocycles. The molecule has 0 N–H and O–H groups in total. The number of fused-ring (bicyclic) bond motifs is 1. The topological polar surface area (TPSA) is 66.7 Å². The molecule has 2 aromatic rings. The fraction of sp³-hybridized carbons (Fsp3) is 0.500. The van der Waals surface area contributed by atoms with Gasteiger partial charge in [0.25, 0.3) is 0 Å². The summed E-state index contributed by atoms with van der Waals surface area (Å²) in [5.41, 5.74) is 2.24. The van der Waals surface area contributed by atoms with Gasteiger partial charge in [0.15, 0.2) is 11.5 Å². The van der Waals surface area contributed by atoms with Crippen LogP contribution in [0.2, 0.25) is 0 Å². The van der Waals surface area contributed by atoms with E-state index in [-0.39, 0.29) is 17.7 Å². The molecule has 1 atom stereocenters. The third-order valence-electron chi connectivity index (χ3n) is 4.93. The number of likely N-dealkylation sites (tertiary alicyclic amines) is 1. The highest BCUT2D eigenvalue weighted by Crippen LogP contribution is 2.29.